The number of rotatable bonds is 6. The van der Waals surface area contributed by atoms with E-state index in [0.717, 1.165) is 5.39 Å². The van der Waals surface area contributed by atoms with Crippen molar-refractivity contribution in [3.63, 3.8) is 0 Å². The summed E-state index contributed by atoms with van der Waals surface area (Å²) in [5.74, 6) is -0.328. The number of amides is 1. The lowest BCUT2D eigenvalue weighted by molar-refractivity contribution is -0.141. The van der Waals surface area contributed by atoms with E-state index in [0.29, 0.717) is 29.7 Å². The van der Waals surface area contributed by atoms with Crippen LogP contribution in [-0.4, -0.2) is 62.5 Å². The first-order valence-electron chi connectivity index (χ1n) is 9.55. The fourth-order valence-corrected chi connectivity index (χ4v) is 5.48. The summed E-state index contributed by atoms with van der Waals surface area (Å²) in [5, 5.41) is 1.44. The Balaban J connectivity index is 1.78. The van der Waals surface area contributed by atoms with Crippen molar-refractivity contribution in [2.24, 2.45) is 0 Å². The monoisotopic (exact) mass is 419 g/mol. The molecule has 0 unspecified atom stereocenters. The Labute approximate surface area is 170 Å². The lowest BCUT2D eigenvalue weighted by Gasteiger charge is -2.29. The average Bonchev–Trinajstić information content (AvgIpc) is 3.06. The molecule has 0 aromatic heterocycles. The maximum atomic E-state index is 12.8. The number of nitrogens with zero attached hydrogens (tertiary/aromatic N) is 1. The summed E-state index contributed by atoms with van der Waals surface area (Å²) in [6, 6.07) is 10.2. The van der Waals surface area contributed by atoms with Gasteiger partial charge in [-0.05, 0) is 37.8 Å². The fraction of sp³-hybridized carbons (Fsp3) is 0.429. The van der Waals surface area contributed by atoms with Gasteiger partial charge in [-0.3, -0.25) is 4.79 Å². The predicted molar refractivity (Wildman–Crippen MR) is 110 cm³/mol. The van der Waals surface area contributed by atoms with E-state index in [1.54, 1.807) is 32.2 Å². The van der Waals surface area contributed by atoms with Gasteiger partial charge < -0.3 is 14.4 Å². The molecular formula is C21H25NO6S. The third kappa shape index (κ3) is 4.37. The molecule has 8 heteroatoms. The van der Waals surface area contributed by atoms with E-state index >= 15 is 0 Å². The van der Waals surface area contributed by atoms with Crippen LogP contribution in [-0.2, 0) is 19.4 Å². The van der Waals surface area contributed by atoms with Gasteiger partial charge >= 0.3 is 5.97 Å². The minimum Gasteiger partial charge on any atom is -0.496 e. The second kappa shape index (κ2) is 8.41. The molecule has 1 saturated heterocycles. The number of fused-ring (bicyclic) bond motifs is 1. The zero-order valence-electron chi connectivity index (χ0n) is 16.8. The van der Waals surface area contributed by atoms with Crippen molar-refractivity contribution in [3.05, 3.63) is 42.0 Å². The number of hydrogen-bond acceptors (Lipinski definition) is 6. The molecule has 0 N–H and O–H groups in total. The average molecular weight is 419 g/mol. The molecule has 0 radical (unpaired) electrons. The summed E-state index contributed by atoms with van der Waals surface area (Å²) in [5.41, 5.74) is 0.340. The summed E-state index contributed by atoms with van der Waals surface area (Å²) >= 11 is 0. The molecule has 7 nitrogen and oxygen atoms in total. The fourth-order valence-electron chi connectivity index (χ4n) is 3.75. The summed E-state index contributed by atoms with van der Waals surface area (Å²) in [7, 11) is -1.56. The molecule has 2 aromatic carbocycles. The van der Waals surface area contributed by atoms with Crippen molar-refractivity contribution in [1.82, 2.24) is 4.90 Å². The summed E-state index contributed by atoms with van der Waals surface area (Å²) < 4.78 is 34.3. The lowest BCUT2D eigenvalue weighted by atomic mass is 10.0. The van der Waals surface area contributed by atoms with E-state index in [1.165, 1.54) is 11.8 Å². The van der Waals surface area contributed by atoms with Crippen LogP contribution in [0.4, 0.5) is 0 Å². The van der Waals surface area contributed by atoms with Crippen LogP contribution in [0.3, 0.4) is 0 Å². The first kappa shape index (κ1) is 21.1. The molecule has 1 amide bonds. The van der Waals surface area contributed by atoms with E-state index in [-0.39, 0.29) is 23.5 Å². The van der Waals surface area contributed by atoms with Gasteiger partial charge in [-0.15, -0.1) is 0 Å². The van der Waals surface area contributed by atoms with Crippen molar-refractivity contribution in [1.29, 1.82) is 0 Å². The number of hydrogen-bond donors (Lipinski definition) is 0. The summed E-state index contributed by atoms with van der Waals surface area (Å²) in [6.45, 7) is 3.65. The van der Waals surface area contributed by atoms with E-state index < -0.39 is 21.9 Å². The van der Waals surface area contributed by atoms with Crippen LogP contribution in [0.15, 0.2) is 36.4 Å². The van der Waals surface area contributed by atoms with Crippen LogP contribution < -0.4 is 4.74 Å². The molecule has 0 spiro atoms. The Bertz CT molecular complexity index is 1030. The molecule has 1 aliphatic rings. The van der Waals surface area contributed by atoms with Crippen LogP contribution in [0, 0.1) is 0 Å². The number of sulfone groups is 1. The van der Waals surface area contributed by atoms with Crippen molar-refractivity contribution in [3.8, 4) is 5.75 Å². The molecule has 1 aliphatic heterocycles. The molecule has 2 atom stereocenters. The second-order valence-corrected chi connectivity index (χ2v) is 9.32. The zero-order valence-corrected chi connectivity index (χ0v) is 17.6. The van der Waals surface area contributed by atoms with Crippen LogP contribution in [0.5, 0.6) is 5.75 Å². The highest BCUT2D eigenvalue weighted by Crippen LogP contribution is 2.29. The van der Waals surface area contributed by atoms with Crippen molar-refractivity contribution in [2.45, 2.75) is 32.4 Å². The Kier molecular flexibility index (Phi) is 6.12. The molecule has 0 bridgehead atoms. The second-order valence-electron chi connectivity index (χ2n) is 7.09. The Morgan fingerprint density at radius 2 is 1.86 bits per heavy atom. The molecule has 0 saturated carbocycles. The molecule has 2 aromatic rings. The van der Waals surface area contributed by atoms with Gasteiger partial charge in [-0.2, -0.15) is 0 Å². The highest BCUT2D eigenvalue weighted by molar-refractivity contribution is 7.91. The first-order chi connectivity index (χ1) is 13.8. The van der Waals surface area contributed by atoms with E-state index in [1.807, 2.05) is 18.2 Å². The van der Waals surface area contributed by atoms with E-state index in [9.17, 15) is 18.0 Å². The quantitative estimate of drug-likeness (QED) is 0.668. The summed E-state index contributed by atoms with van der Waals surface area (Å²) in [6.07, 6.45) is -0.613. The minimum atomic E-state index is -3.12. The maximum Gasteiger partial charge on any atom is 0.339 e. The molecule has 156 valence electrons. The summed E-state index contributed by atoms with van der Waals surface area (Å²) in [4.78, 5) is 27.1. The van der Waals surface area contributed by atoms with Gasteiger partial charge in [0.25, 0.3) is 5.91 Å². The number of esters is 1. The largest absolute Gasteiger partial charge is 0.496 e. The number of ether oxygens (including phenoxy) is 2. The molecule has 1 fully saturated rings. The van der Waals surface area contributed by atoms with Gasteiger partial charge in [0.1, 0.15) is 5.75 Å². The van der Waals surface area contributed by atoms with Gasteiger partial charge in [0.2, 0.25) is 0 Å². The van der Waals surface area contributed by atoms with Gasteiger partial charge in [-0.1, -0.05) is 24.3 Å². The maximum absolute atomic E-state index is 12.8. The van der Waals surface area contributed by atoms with Crippen molar-refractivity contribution < 1.29 is 27.5 Å². The molecular weight excluding hydrogens is 394 g/mol. The Morgan fingerprint density at radius 3 is 2.45 bits per heavy atom. The van der Waals surface area contributed by atoms with Crippen molar-refractivity contribution in [2.75, 3.05) is 25.2 Å². The smallest absolute Gasteiger partial charge is 0.339 e. The number of methoxy groups -OCH3 is 1. The third-order valence-corrected chi connectivity index (χ3v) is 6.98. The Morgan fingerprint density at radius 1 is 1.17 bits per heavy atom. The van der Waals surface area contributed by atoms with Gasteiger partial charge in [0, 0.05) is 18.0 Å². The third-order valence-electron chi connectivity index (χ3n) is 5.23. The van der Waals surface area contributed by atoms with E-state index in [2.05, 4.69) is 0 Å². The highest BCUT2D eigenvalue weighted by atomic mass is 32.2. The van der Waals surface area contributed by atoms with Crippen LogP contribution in [0.2, 0.25) is 0 Å². The molecule has 0 aliphatic carbocycles. The number of carbonyl (C=O) groups is 2. The minimum absolute atomic E-state index is 0.0453. The van der Waals surface area contributed by atoms with E-state index in [4.69, 9.17) is 9.47 Å². The Hall–Kier alpha value is -2.61. The van der Waals surface area contributed by atoms with Crippen LogP contribution in [0.25, 0.3) is 10.8 Å². The molecule has 3 rings (SSSR count). The van der Waals surface area contributed by atoms with Gasteiger partial charge in [0.05, 0.1) is 24.2 Å². The highest BCUT2D eigenvalue weighted by Gasteiger charge is 2.36. The van der Waals surface area contributed by atoms with Crippen LogP contribution >= 0.6 is 0 Å². The molecule has 1 heterocycles. The molecule has 29 heavy (non-hydrogen) atoms. The van der Waals surface area contributed by atoms with Gasteiger partial charge in [-0.25, -0.2) is 13.2 Å². The topological polar surface area (TPSA) is 90.0 Å². The number of likely N-dealkylation sites (N-methyl/N-ethyl adjacent to an activating group) is 1. The SMILES string of the molecule is CCN(C(=O)[C@@H](C)OC(=O)c1ccc(OC)c2ccccc12)[C@@H]1CCS(=O)(=O)C1. The zero-order chi connectivity index (χ0) is 21.2. The number of benzene rings is 2. The normalized spacial score (nSPS) is 18.9. The van der Waals surface area contributed by atoms with Crippen LogP contribution in [0.1, 0.15) is 30.6 Å². The van der Waals surface area contributed by atoms with Gasteiger partial charge in [0.15, 0.2) is 15.9 Å². The first-order valence-corrected chi connectivity index (χ1v) is 11.4. The standard InChI is InChI=1S/C21H25NO6S/c1-4-22(15-11-12-29(25,26)13-15)20(23)14(2)28-21(24)18-9-10-19(27-3)17-8-6-5-7-16(17)18/h5-10,14-15H,4,11-13H2,1-3H3/t14-,15-/m1/s1. The number of carbonyl (C=O) groups excluding carboxylic acids is 2. The predicted octanol–water partition coefficient (Wildman–Crippen LogP) is 2.43. The lowest BCUT2D eigenvalue weighted by Crippen LogP contribution is -2.46. The van der Waals surface area contributed by atoms with Crippen molar-refractivity contribution >= 4 is 32.5 Å².